The third kappa shape index (κ3) is 2.25. The largest absolute Gasteiger partial charge is 0.493 e. The summed E-state index contributed by atoms with van der Waals surface area (Å²) in [5, 5.41) is 3.60. The lowest BCUT2D eigenvalue weighted by Gasteiger charge is -2.09. The Kier molecular flexibility index (Phi) is 3.25. The minimum atomic E-state index is 0.498. The molecule has 0 spiro atoms. The van der Waals surface area contributed by atoms with Crippen molar-refractivity contribution >= 4 is 11.3 Å². The molecule has 0 bridgehead atoms. The highest BCUT2D eigenvalue weighted by Gasteiger charge is 2.23. The number of hydrogen-bond acceptors (Lipinski definition) is 3. The number of thiophene rings is 1. The van der Waals surface area contributed by atoms with Crippen molar-refractivity contribution in [2.24, 2.45) is 0 Å². The molecule has 0 saturated carbocycles. The Labute approximate surface area is 123 Å². The van der Waals surface area contributed by atoms with Gasteiger partial charge in [0.1, 0.15) is 5.75 Å². The third-order valence-electron chi connectivity index (χ3n) is 4.29. The zero-order valence-corrected chi connectivity index (χ0v) is 12.3. The van der Waals surface area contributed by atoms with Crippen molar-refractivity contribution in [2.45, 2.75) is 31.7 Å². The van der Waals surface area contributed by atoms with Gasteiger partial charge in [0.15, 0.2) is 0 Å². The van der Waals surface area contributed by atoms with E-state index >= 15 is 0 Å². The highest BCUT2D eigenvalue weighted by atomic mass is 32.1. The van der Waals surface area contributed by atoms with Gasteiger partial charge in [0.2, 0.25) is 0 Å². The number of para-hydroxylation sites is 1. The standard InChI is InChI=1S/C17H19NOS/c1-2-6-16-15(5-1)13(11-19-16)9-18-10-14-8-12-4-3-7-17(12)20-14/h1-2,5-6,8,13,18H,3-4,7,9-11H2. The molecule has 2 nitrogen and oxygen atoms in total. The molecule has 4 rings (SSSR count). The lowest BCUT2D eigenvalue weighted by atomic mass is 10.0. The second-order valence-electron chi connectivity index (χ2n) is 5.69. The van der Waals surface area contributed by atoms with E-state index in [1.165, 1.54) is 29.7 Å². The SMILES string of the molecule is c1ccc2c(c1)OCC2CNCc1cc2c(s1)CCC2. The summed E-state index contributed by atoms with van der Waals surface area (Å²) in [6, 6.07) is 10.8. The topological polar surface area (TPSA) is 21.3 Å². The molecule has 0 amide bonds. The van der Waals surface area contributed by atoms with Crippen LogP contribution in [0.25, 0.3) is 0 Å². The second kappa shape index (κ2) is 5.23. The molecular formula is C17H19NOS. The Morgan fingerprint density at radius 3 is 3.15 bits per heavy atom. The van der Waals surface area contributed by atoms with Gasteiger partial charge < -0.3 is 10.1 Å². The van der Waals surface area contributed by atoms with E-state index in [4.69, 9.17) is 4.74 Å². The van der Waals surface area contributed by atoms with Crippen LogP contribution in [0.5, 0.6) is 5.75 Å². The first-order chi connectivity index (χ1) is 9.90. The van der Waals surface area contributed by atoms with Crippen molar-refractivity contribution in [3.8, 4) is 5.75 Å². The number of nitrogens with one attached hydrogen (secondary N) is 1. The summed E-state index contributed by atoms with van der Waals surface area (Å²) in [5.74, 6) is 1.56. The molecule has 104 valence electrons. The molecule has 1 aliphatic carbocycles. The number of aryl methyl sites for hydroxylation is 2. The number of rotatable bonds is 4. The van der Waals surface area contributed by atoms with E-state index in [1.54, 1.807) is 10.4 Å². The first-order valence-corrected chi connectivity index (χ1v) is 8.25. The molecule has 2 heterocycles. The van der Waals surface area contributed by atoms with Crippen LogP contribution in [0, 0.1) is 0 Å². The molecule has 1 aliphatic heterocycles. The lowest BCUT2D eigenvalue weighted by molar-refractivity contribution is 0.326. The fourth-order valence-corrected chi connectivity index (χ4v) is 4.48. The van der Waals surface area contributed by atoms with Crippen LogP contribution in [0.4, 0.5) is 0 Å². The molecule has 1 unspecified atom stereocenters. The van der Waals surface area contributed by atoms with Crippen LogP contribution in [0.2, 0.25) is 0 Å². The van der Waals surface area contributed by atoms with Gasteiger partial charge in [-0.1, -0.05) is 18.2 Å². The minimum absolute atomic E-state index is 0.498. The van der Waals surface area contributed by atoms with E-state index in [1.807, 2.05) is 17.4 Å². The summed E-state index contributed by atoms with van der Waals surface area (Å²) in [4.78, 5) is 3.11. The first kappa shape index (κ1) is 12.4. The molecule has 1 aromatic heterocycles. The molecule has 20 heavy (non-hydrogen) atoms. The average molecular weight is 285 g/mol. The van der Waals surface area contributed by atoms with Gasteiger partial charge in [-0.25, -0.2) is 0 Å². The third-order valence-corrected chi connectivity index (χ3v) is 5.52. The smallest absolute Gasteiger partial charge is 0.122 e. The molecule has 2 aromatic rings. The van der Waals surface area contributed by atoms with Gasteiger partial charge in [0.25, 0.3) is 0 Å². The van der Waals surface area contributed by atoms with Crippen LogP contribution in [0.3, 0.4) is 0 Å². The Morgan fingerprint density at radius 2 is 2.20 bits per heavy atom. The summed E-state index contributed by atoms with van der Waals surface area (Å²) >= 11 is 2.00. The van der Waals surface area contributed by atoms with Crippen molar-refractivity contribution in [1.82, 2.24) is 5.32 Å². The molecule has 1 atom stereocenters. The minimum Gasteiger partial charge on any atom is -0.493 e. The molecule has 1 aromatic carbocycles. The van der Waals surface area contributed by atoms with Crippen LogP contribution < -0.4 is 10.1 Å². The maximum absolute atomic E-state index is 5.73. The van der Waals surface area contributed by atoms with Gasteiger partial charge in [0.05, 0.1) is 6.61 Å². The molecule has 1 N–H and O–H groups in total. The maximum Gasteiger partial charge on any atom is 0.122 e. The number of fused-ring (bicyclic) bond motifs is 2. The van der Waals surface area contributed by atoms with Crippen molar-refractivity contribution in [3.63, 3.8) is 0 Å². The zero-order chi connectivity index (χ0) is 13.4. The van der Waals surface area contributed by atoms with E-state index < -0.39 is 0 Å². The molecule has 3 heteroatoms. The van der Waals surface area contributed by atoms with Crippen molar-refractivity contribution < 1.29 is 4.74 Å². The Bertz CT molecular complexity index is 598. The highest BCUT2D eigenvalue weighted by molar-refractivity contribution is 7.12. The van der Waals surface area contributed by atoms with E-state index in [2.05, 4.69) is 29.6 Å². The van der Waals surface area contributed by atoms with Gasteiger partial charge in [0, 0.05) is 34.3 Å². The molecular weight excluding hydrogens is 266 g/mol. The summed E-state index contributed by atoms with van der Waals surface area (Å²) in [7, 11) is 0. The van der Waals surface area contributed by atoms with Crippen molar-refractivity contribution in [2.75, 3.05) is 13.2 Å². The van der Waals surface area contributed by atoms with Gasteiger partial charge >= 0.3 is 0 Å². The monoisotopic (exact) mass is 285 g/mol. The Balaban J connectivity index is 1.35. The molecule has 0 fully saturated rings. The van der Waals surface area contributed by atoms with Gasteiger partial charge in [-0.05, 0) is 37.0 Å². The summed E-state index contributed by atoms with van der Waals surface area (Å²) in [6.45, 7) is 2.81. The van der Waals surface area contributed by atoms with Crippen LogP contribution in [0.15, 0.2) is 30.3 Å². The fraction of sp³-hybridized carbons (Fsp3) is 0.412. The number of benzene rings is 1. The Hall–Kier alpha value is -1.32. The van der Waals surface area contributed by atoms with Crippen molar-refractivity contribution in [3.05, 3.63) is 51.2 Å². The van der Waals surface area contributed by atoms with Gasteiger partial charge in [-0.15, -0.1) is 11.3 Å². The Morgan fingerprint density at radius 1 is 1.25 bits per heavy atom. The van der Waals surface area contributed by atoms with Crippen LogP contribution in [-0.4, -0.2) is 13.2 Å². The molecule has 0 radical (unpaired) electrons. The van der Waals surface area contributed by atoms with E-state index in [9.17, 15) is 0 Å². The zero-order valence-electron chi connectivity index (χ0n) is 11.5. The predicted octanol–water partition coefficient (Wildman–Crippen LogP) is 3.50. The molecule has 0 saturated heterocycles. The van der Waals surface area contributed by atoms with Crippen LogP contribution in [0.1, 0.15) is 33.2 Å². The number of hydrogen-bond donors (Lipinski definition) is 1. The van der Waals surface area contributed by atoms with E-state index in [0.29, 0.717) is 5.92 Å². The summed E-state index contributed by atoms with van der Waals surface area (Å²) < 4.78 is 5.73. The van der Waals surface area contributed by atoms with Gasteiger partial charge in [-0.3, -0.25) is 0 Å². The van der Waals surface area contributed by atoms with Crippen LogP contribution >= 0.6 is 11.3 Å². The first-order valence-electron chi connectivity index (χ1n) is 7.43. The van der Waals surface area contributed by atoms with Crippen molar-refractivity contribution in [1.29, 1.82) is 0 Å². The fourth-order valence-electron chi connectivity index (χ4n) is 3.25. The van der Waals surface area contributed by atoms with Crippen LogP contribution in [-0.2, 0) is 19.4 Å². The summed E-state index contributed by atoms with van der Waals surface area (Å²) in [5.41, 5.74) is 2.95. The maximum atomic E-state index is 5.73. The lowest BCUT2D eigenvalue weighted by Crippen LogP contribution is -2.21. The number of ether oxygens (including phenoxy) is 1. The quantitative estimate of drug-likeness (QED) is 0.928. The van der Waals surface area contributed by atoms with E-state index in [0.717, 1.165) is 25.4 Å². The highest BCUT2D eigenvalue weighted by Crippen LogP contribution is 2.33. The second-order valence-corrected chi connectivity index (χ2v) is 6.91. The molecule has 2 aliphatic rings. The average Bonchev–Trinajstić information content (AvgIpc) is 3.13. The van der Waals surface area contributed by atoms with Gasteiger partial charge in [-0.2, -0.15) is 0 Å². The van der Waals surface area contributed by atoms with E-state index in [-0.39, 0.29) is 0 Å². The predicted molar refractivity (Wildman–Crippen MR) is 82.7 cm³/mol. The summed E-state index contributed by atoms with van der Waals surface area (Å²) in [6.07, 6.45) is 3.94. The normalized spacial score (nSPS) is 19.7.